The Kier molecular flexibility index (Phi) is 6.72. The molecule has 11 heteroatoms. The normalized spacial score (nSPS) is 10.8. The summed E-state index contributed by atoms with van der Waals surface area (Å²) in [5.41, 5.74) is 2.77. The van der Waals surface area contributed by atoms with Crippen LogP contribution in [0.15, 0.2) is 53.8 Å². The van der Waals surface area contributed by atoms with Gasteiger partial charge in [-0.2, -0.15) is 0 Å². The van der Waals surface area contributed by atoms with Gasteiger partial charge in [-0.05, 0) is 29.8 Å². The number of ether oxygens (including phenoxy) is 2. The molecule has 0 saturated carbocycles. The Morgan fingerprint density at radius 1 is 1.09 bits per heavy atom. The van der Waals surface area contributed by atoms with Crippen LogP contribution in [0.2, 0.25) is 5.02 Å². The number of amides is 1. The number of rotatable bonds is 8. The third-order valence-corrected chi connectivity index (χ3v) is 5.75. The lowest BCUT2D eigenvalue weighted by molar-refractivity contribution is -0.113. The maximum absolute atomic E-state index is 12.5. The molecule has 0 fully saturated rings. The highest BCUT2D eigenvalue weighted by molar-refractivity contribution is 8.00. The number of aromatic nitrogens is 5. The standard InChI is InChI=1S/C21H19ClN6O3S/c1-30-16-8-7-15(9-17(16)31-2)25-18(29)11-32-21-19-20(23-12-24-21)28(27-26-19)10-13-3-5-14(22)6-4-13/h3-9,12H,10-11H2,1-2H3,(H,25,29). The molecule has 9 nitrogen and oxygen atoms in total. The molecule has 0 unspecified atom stereocenters. The number of nitrogens with zero attached hydrogens (tertiary/aromatic N) is 5. The highest BCUT2D eigenvalue weighted by atomic mass is 35.5. The molecule has 1 amide bonds. The topological polar surface area (TPSA) is 104 Å². The van der Waals surface area contributed by atoms with Crippen LogP contribution in [0, 0.1) is 0 Å². The van der Waals surface area contributed by atoms with E-state index in [-0.39, 0.29) is 11.7 Å². The summed E-state index contributed by atoms with van der Waals surface area (Å²) in [6.45, 7) is 0.495. The molecule has 0 spiro atoms. The maximum Gasteiger partial charge on any atom is 0.234 e. The van der Waals surface area contributed by atoms with Crippen molar-refractivity contribution in [3.63, 3.8) is 0 Å². The smallest absolute Gasteiger partial charge is 0.234 e. The Labute approximate surface area is 193 Å². The summed E-state index contributed by atoms with van der Waals surface area (Å²) in [5.74, 6) is 1.07. The van der Waals surface area contributed by atoms with Gasteiger partial charge < -0.3 is 14.8 Å². The Hall–Kier alpha value is -3.37. The van der Waals surface area contributed by atoms with Crippen LogP contribution in [-0.2, 0) is 11.3 Å². The van der Waals surface area contributed by atoms with Crippen LogP contribution in [0.1, 0.15) is 5.56 Å². The van der Waals surface area contributed by atoms with Crippen LogP contribution in [0.3, 0.4) is 0 Å². The van der Waals surface area contributed by atoms with E-state index in [1.807, 2.05) is 24.3 Å². The van der Waals surface area contributed by atoms with E-state index >= 15 is 0 Å². The molecule has 0 aliphatic heterocycles. The average Bonchev–Trinajstić information content (AvgIpc) is 3.22. The van der Waals surface area contributed by atoms with Gasteiger partial charge in [0.05, 0.1) is 26.5 Å². The van der Waals surface area contributed by atoms with Crippen molar-refractivity contribution in [3.8, 4) is 11.5 Å². The fourth-order valence-corrected chi connectivity index (χ4v) is 3.85. The van der Waals surface area contributed by atoms with Crippen LogP contribution in [-0.4, -0.2) is 50.8 Å². The number of thioether (sulfide) groups is 1. The van der Waals surface area contributed by atoms with Gasteiger partial charge in [-0.25, -0.2) is 14.6 Å². The van der Waals surface area contributed by atoms with Crippen molar-refractivity contribution >= 4 is 46.1 Å². The van der Waals surface area contributed by atoms with E-state index in [1.54, 1.807) is 37.1 Å². The predicted molar refractivity (Wildman–Crippen MR) is 123 cm³/mol. The number of fused-ring (bicyclic) bond motifs is 1. The monoisotopic (exact) mass is 470 g/mol. The molecule has 2 aromatic carbocycles. The summed E-state index contributed by atoms with van der Waals surface area (Å²) < 4.78 is 12.2. The second-order valence-corrected chi connectivity index (χ2v) is 8.03. The number of nitrogens with one attached hydrogen (secondary N) is 1. The number of carbonyl (C=O) groups excluding carboxylic acids is 1. The Morgan fingerprint density at radius 2 is 1.88 bits per heavy atom. The molecule has 4 rings (SSSR count). The molecule has 0 aliphatic carbocycles. The van der Waals surface area contributed by atoms with E-state index in [0.29, 0.717) is 44.9 Å². The minimum atomic E-state index is -0.192. The summed E-state index contributed by atoms with van der Waals surface area (Å²) >= 11 is 7.21. The molecule has 0 atom stereocenters. The zero-order chi connectivity index (χ0) is 22.5. The SMILES string of the molecule is COc1ccc(NC(=O)CSc2ncnc3c2nnn3Cc2ccc(Cl)cc2)cc1OC. The Bertz CT molecular complexity index is 1250. The molecule has 0 bridgehead atoms. The molecule has 4 aromatic rings. The van der Waals surface area contributed by atoms with E-state index in [2.05, 4.69) is 25.6 Å². The van der Waals surface area contributed by atoms with Gasteiger partial charge in [0.15, 0.2) is 22.7 Å². The summed E-state index contributed by atoms with van der Waals surface area (Å²) in [6, 6.07) is 12.7. The molecule has 1 N–H and O–H groups in total. The second kappa shape index (κ2) is 9.84. The van der Waals surface area contributed by atoms with Crippen LogP contribution in [0.5, 0.6) is 11.5 Å². The Morgan fingerprint density at radius 3 is 2.62 bits per heavy atom. The summed E-state index contributed by atoms with van der Waals surface area (Å²) in [6.07, 6.45) is 1.44. The number of halogens is 1. The fraction of sp³-hybridized carbons (Fsp3) is 0.190. The molecule has 32 heavy (non-hydrogen) atoms. The van der Waals surface area contributed by atoms with Crippen molar-refractivity contribution in [1.29, 1.82) is 0 Å². The molecule has 0 aliphatic rings. The molecule has 2 aromatic heterocycles. The first-order valence-corrected chi connectivity index (χ1v) is 10.9. The number of hydrogen-bond donors (Lipinski definition) is 1. The van der Waals surface area contributed by atoms with Crippen molar-refractivity contribution in [2.24, 2.45) is 0 Å². The molecule has 164 valence electrons. The van der Waals surface area contributed by atoms with Gasteiger partial charge in [-0.15, -0.1) is 5.10 Å². The molecule has 0 radical (unpaired) electrons. The van der Waals surface area contributed by atoms with Gasteiger partial charge in [0.25, 0.3) is 0 Å². The van der Waals surface area contributed by atoms with Crippen LogP contribution >= 0.6 is 23.4 Å². The number of carbonyl (C=O) groups is 1. The van der Waals surface area contributed by atoms with Crippen molar-refractivity contribution in [1.82, 2.24) is 25.0 Å². The molecule has 0 saturated heterocycles. The van der Waals surface area contributed by atoms with E-state index in [1.165, 1.54) is 18.1 Å². The number of hydrogen-bond acceptors (Lipinski definition) is 8. The Balaban J connectivity index is 1.44. The first-order valence-electron chi connectivity index (χ1n) is 9.50. The van der Waals surface area contributed by atoms with Crippen LogP contribution in [0.4, 0.5) is 5.69 Å². The van der Waals surface area contributed by atoms with E-state index in [9.17, 15) is 4.79 Å². The number of methoxy groups -OCH3 is 2. The van der Waals surface area contributed by atoms with Crippen LogP contribution in [0.25, 0.3) is 11.2 Å². The van der Waals surface area contributed by atoms with Crippen LogP contribution < -0.4 is 14.8 Å². The average molecular weight is 471 g/mol. The van der Waals surface area contributed by atoms with Gasteiger partial charge >= 0.3 is 0 Å². The lowest BCUT2D eigenvalue weighted by Gasteiger charge is -2.10. The quantitative estimate of drug-likeness (QED) is 0.307. The number of anilines is 1. The van der Waals surface area contributed by atoms with Gasteiger partial charge in [-0.3, -0.25) is 4.79 Å². The van der Waals surface area contributed by atoms with Crippen molar-refractivity contribution in [2.45, 2.75) is 11.6 Å². The zero-order valence-corrected chi connectivity index (χ0v) is 18.9. The lowest BCUT2D eigenvalue weighted by Crippen LogP contribution is -2.14. The third kappa shape index (κ3) is 4.92. The van der Waals surface area contributed by atoms with Gasteiger partial charge in [-0.1, -0.05) is 40.7 Å². The van der Waals surface area contributed by atoms with Gasteiger partial charge in [0.1, 0.15) is 11.4 Å². The highest BCUT2D eigenvalue weighted by Gasteiger charge is 2.14. The van der Waals surface area contributed by atoms with E-state index in [0.717, 1.165) is 5.56 Å². The van der Waals surface area contributed by atoms with Crippen molar-refractivity contribution in [2.75, 3.05) is 25.3 Å². The molecule has 2 heterocycles. The molecular formula is C21H19ClN6O3S. The first-order chi connectivity index (χ1) is 15.6. The van der Waals surface area contributed by atoms with Gasteiger partial charge in [0, 0.05) is 16.8 Å². The summed E-state index contributed by atoms with van der Waals surface area (Å²) in [7, 11) is 3.10. The third-order valence-electron chi connectivity index (χ3n) is 4.52. The number of benzene rings is 2. The highest BCUT2D eigenvalue weighted by Crippen LogP contribution is 2.30. The predicted octanol–water partition coefficient (Wildman–Crippen LogP) is 3.67. The lowest BCUT2D eigenvalue weighted by atomic mass is 10.2. The van der Waals surface area contributed by atoms with Gasteiger partial charge in [0.2, 0.25) is 5.91 Å². The van der Waals surface area contributed by atoms with Crippen molar-refractivity contribution in [3.05, 3.63) is 59.4 Å². The van der Waals surface area contributed by atoms with E-state index < -0.39 is 0 Å². The minimum Gasteiger partial charge on any atom is -0.493 e. The molecular weight excluding hydrogens is 452 g/mol. The second-order valence-electron chi connectivity index (χ2n) is 6.63. The first kappa shape index (κ1) is 21.8. The summed E-state index contributed by atoms with van der Waals surface area (Å²) in [4.78, 5) is 21.0. The zero-order valence-electron chi connectivity index (χ0n) is 17.3. The largest absolute Gasteiger partial charge is 0.493 e. The van der Waals surface area contributed by atoms with E-state index in [4.69, 9.17) is 21.1 Å². The van der Waals surface area contributed by atoms with Crippen molar-refractivity contribution < 1.29 is 14.3 Å². The summed E-state index contributed by atoms with van der Waals surface area (Å²) in [5, 5.41) is 12.5. The fourth-order valence-electron chi connectivity index (χ4n) is 2.99. The maximum atomic E-state index is 12.5. The minimum absolute atomic E-state index is 0.143.